The fourth-order valence-electron chi connectivity index (χ4n) is 3.78. The number of rotatable bonds is 6. The smallest absolute Gasteiger partial charge is 0.276 e. The number of carbonyl (C=O) groups is 1. The summed E-state index contributed by atoms with van der Waals surface area (Å²) in [7, 11) is 5.55. The molecular formula is C24H28N4O4. The number of hydrogen-bond donors (Lipinski definition) is 0. The summed E-state index contributed by atoms with van der Waals surface area (Å²) in [6, 6.07) is 13.6. The van der Waals surface area contributed by atoms with E-state index < -0.39 is 0 Å². The van der Waals surface area contributed by atoms with Crippen molar-refractivity contribution in [1.82, 2.24) is 19.9 Å². The second-order valence-electron chi connectivity index (χ2n) is 8.09. The minimum Gasteiger partial charge on any atom is -0.497 e. The lowest BCUT2D eigenvalue weighted by Gasteiger charge is -2.32. The van der Waals surface area contributed by atoms with Gasteiger partial charge in [0.15, 0.2) is 5.69 Å². The number of nitrogens with zero attached hydrogens (tertiary/aromatic N) is 4. The minimum atomic E-state index is -0.309. The number of benzene rings is 1. The molecule has 1 aromatic carbocycles. The highest BCUT2D eigenvalue weighted by molar-refractivity contribution is 5.94. The third kappa shape index (κ3) is 4.66. The number of aromatic nitrogens is 2. The number of hydrogen-bond acceptors (Lipinski definition) is 7. The summed E-state index contributed by atoms with van der Waals surface area (Å²) in [5, 5.41) is 4.05. The molecule has 0 saturated carbocycles. The Morgan fingerprint density at radius 3 is 2.72 bits per heavy atom. The Kier molecular flexibility index (Phi) is 6.53. The van der Waals surface area contributed by atoms with Gasteiger partial charge in [0, 0.05) is 24.2 Å². The van der Waals surface area contributed by atoms with Gasteiger partial charge in [0.25, 0.3) is 5.91 Å². The van der Waals surface area contributed by atoms with E-state index in [0.717, 1.165) is 28.3 Å². The Morgan fingerprint density at radius 1 is 1.22 bits per heavy atom. The molecule has 0 radical (unpaired) electrons. The molecule has 1 saturated heterocycles. The molecule has 1 aliphatic heterocycles. The van der Waals surface area contributed by atoms with Gasteiger partial charge in [0.2, 0.25) is 0 Å². The Balaban J connectivity index is 1.53. The van der Waals surface area contributed by atoms with Crippen LogP contribution in [0.2, 0.25) is 0 Å². The largest absolute Gasteiger partial charge is 0.497 e. The first-order chi connectivity index (χ1) is 15.5. The summed E-state index contributed by atoms with van der Waals surface area (Å²) in [6.45, 7) is 3.77. The lowest BCUT2D eigenvalue weighted by molar-refractivity contribution is -0.0250. The molecule has 0 spiro atoms. The SMILES string of the molecule is COc1ccc(-c2cccc(C3CN(C(=O)c4noc(C)c4CN(C)C)CCO3)n2)cc1. The third-order valence-corrected chi connectivity index (χ3v) is 5.50. The molecule has 8 heteroatoms. The Morgan fingerprint density at radius 2 is 2.00 bits per heavy atom. The molecule has 0 aliphatic carbocycles. The van der Waals surface area contributed by atoms with Gasteiger partial charge in [-0.05, 0) is 57.4 Å². The van der Waals surface area contributed by atoms with Crippen LogP contribution in [0.25, 0.3) is 11.3 Å². The highest BCUT2D eigenvalue weighted by Crippen LogP contribution is 2.27. The number of methoxy groups -OCH3 is 1. The van der Waals surface area contributed by atoms with E-state index in [1.54, 1.807) is 12.0 Å². The third-order valence-electron chi connectivity index (χ3n) is 5.50. The van der Waals surface area contributed by atoms with Gasteiger partial charge < -0.3 is 23.8 Å². The first kappa shape index (κ1) is 22.0. The van der Waals surface area contributed by atoms with Crippen molar-refractivity contribution < 1.29 is 18.8 Å². The maximum Gasteiger partial charge on any atom is 0.276 e. The number of amides is 1. The highest BCUT2D eigenvalue weighted by atomic mass is 16.5. The van der Waals surface area contributed by atoms with Gasteiger partial charge in [0.1, 0.15) is 17.6 Å². The van der Waals surface area contributed by atoms with E-state index in [-0.39, 0.29) is 12.0 Å². The molecule has 4 rings (SSSR count). The fraction of sp³-hybridized carbons (Fsp3) is 0.375. The Bertz CT molecular complexity index is 1080. The van der Waals surface area contributed by atoms with Gasteiger partial charge in [-0.25, -0.2) is 4.98 Å². The van der Waals surface area contributed by atoms with E-state index in [2.05, 4.69) is 5.16 Å². The number of morpholine rings is 1. The number of pyridine rings is 1. The van der Waals surface area contributed by atoms with Crippen molar-refractivity contribution in [3.05, 3.63) is 65.2 Å². The van der Waals surface area contributed by atoms with Gasteiger partial charge in [-0.3, -0.25) is 4.79 Å². The number of ether oxygens (including phenoxy) is 2. The van der Waals surface area contributed by atoms with Crippen LogP contribution in [-0.2, 0) is 11.3 Å². The molecule has 32 heavy (non-hydrogen) atoms. The molecule has 1 fully saturated rings. The average Bonchev–Trinajstić information content (AvgIpc) is 3.18. The summed E-state index contributed by atoms with van der Waals surface area (Å²) in [5.74, 6) is 1.32. The zero-order valence-electron chi connectivity index (χ0n) is 18.9. The van der Waals surface area contributed by atoms with Crippen LogP contribution in [0.5, 0.6) is 5.75 Å². The normalized spacial score (nSPS) is 16.4. The summed E-state index contributed by atoms with van der Waals surface area (Å²) < 4.78 is 16.5. The van der Waals surface area contributed by atoms with E-state index in [4.69, 9.17) is 19.0 Å². The van der Waals surface area contributed by atoms with Crippen LogP contribution < -0.4 is 4.74 Å². The molecular weight excluding hydrogens is 408 g/mol. The Labute approximate surface area is 187 Å². The van der Waals surface area contributed by atoms with E-state index in [9.17, 15) is 4.79 Å². The topological polar surface area (TPSA) is 80.9 Å². The maximum absolute atomic E-state index is 13.2. The lowest BCUT2D eigenvalue weighted by atomic mass is 10.1. The molecule has 3 aromatic rings. The van der Waals surface area contributed by atoms with E-state index >= 15 is 0 Å². The summed E-state index contributed by atoms with van der Waals surface area (Å²) in [6.07, 6.45) is -0.309. The molecule has 0 N–H and O–H groups in total. The van der Waals surface area contributed by atoms with E-state index in [1.165, 1.54) is 0 Å². The fourth-order valence-corrected chi connectivity index (χ4v) is 3.78. The van der Waals surface area contributed by atoms with Crippen molar-refractivity contribution in [2.24, 2.45) is 0 Å². The number of carbonyl (C=O) groups excluding carboxylic acids is 1. The zero-order chi connectivity index (χ0) is 22.7. The predicted molar refractivity (Wildman–Crippen MR) is 119 cm³/mol. The molecule has 1 amide bonds. The molecule has 8 nitrogen and oxygen atoms in total. The molecule has 1 atom stereocenters. The van der Waals surface area contributed by atoms with Gasteiger partial charge >= 0.3 is 0 Å². The molecule has 168 valence electrons. The second-order valence-corrected chi connectivity index (χ2v) is 8.09. The highest BCUT2D eigenvalue weighted by Gasteiger charge is 2.31. The maximum atomic E-state index is 13.2. The van der Waals surface area contributed by atoms with Crippen LogP contribution in [0, 0.1) is 6.92 Å². The number of aryl methyl sites for hydroxylation is 1. The first-order valence-corrected chi connectivity index (χ1v) is 10.6. The van der Waals surface area contributed by atoms with Crippen LogP contribution in [-0.4, -0.2) is 66.7 Å². The van der Waals surface area contributed by atoms with Crippen molar-refractivity contribution in [3.63, 3.8) is 0 Å². The minimum absolute atomic E-state index is 0.140. The Hall–Kier alpha value is -3.23. The summed E-state index contributed by atoms with van der Waals surface area (Å²) >= 11 is 0. The van der Waals surface area contributed by atoms with Crippen molar-refractivity contribution in [2.75, 3.05) is 40.9 Å². The summed E-state index contributed by atoms with van der Waals surface area (Å²) in [5.41, 5.74) is 3.82. The van der Waals surface area contributed by atoms with E-state index in [0.29, 0.717) is 37.7 Å². The van der Waals surface area contributed by atoms with Gasteiger partial charge in [0.05, 0.1) is 31.6 Å². The standard InChI is InChI=1S/C24H28N4O4/c1-16-19(14-27(2)3)23(26-32-16)24(29)28-12-13-31-22(15-28)21-7-5-6-20(25-21)17-8-10-18(30-4)11-9-17/h5-11,22H,12-15H2,1-4H3. The zero-order valence-corrected chi connectivity index (χ0v) is 18.9. The predicted octanol–water partition coefficient (Wildman–Crippen LogP) is 3.33. The summed E-state index contributed by atoms with van der Waals surface area (Å²) in [4.78, 5) is 21.8. The lowest BCUT2D eigenvalue weighted by Crippen LogP contribution is -2.43. The first-order valence-electron chi connectivity index (χ1n) is 10.6. The van der Waals surface area contributed by atoms with Gasteiger partial charge in [-0.2, -0.15) is 0 Å². The van der Waals surface area contributed by atoms with Gasteiger partial charge in [-0.1, -0.05) is 11.2 Å². The van der Waals surface area contributed by atoms with Crippen molar-refractivity contribution in [2.45, 2.75) is 19.6 Å². The van der Waals surface area contributed by atoms with Crippen LogP contribution in [0.4, 0.5) is 0 Å². The van der Waals surface area contributed by atoms with Crippen molar-refractivity contribution >= 4 is 5.91 Å². The average molecular weight is 437 g/mol. The molecule has 0 bridgehead atoms. The molecule has 1 aliphatic rings. The quantitative estimate of drug-likeness (QED) is 0.586. The molecule has 1 unspecified atom stereocenters. The second kappa shape index (κ2) is 9.50. The van der Waals surface area contributed by atoms with Crippen LogP contribution >= 0.6 is 0 Å². The molecule has 3 heterocycles. The van der Waals surface area contributed by atoms with Crippen molar-refractivity contribution in [1.29, 1.82) is 0 Å². The van der Waals surface area contributed by atoms with Crippen molar-refractivity contribution in [3.8, 4) is 17.0 Å². The van der Waals surface area contributed by atoms with Crippen LogP contribution in [0.1, 0.15) is 33.6 Å². The monoisotopic (exact) mass is 436 g/mol. The van der Waals surface area contributed by atoms with E-state index in [1.807, 2.05) is 68.4 Å². The molecule has 2 aromatic heterocycles. The van der Waals surface area contributed by atoms with Gasteiger partial charge in [-0.15, -0.1) is 0 Å². The van der Waals surface area contributed by atoms with Crippen LogP contribution in [0.3, 0.4) is 0 Å². The van der Waals surface area contributed by atoms with Crippen LogP contribution in [0.15, 0.2) is 47.0 Å².